The Labute approximate surface area is 259 Å². The lowest BCUT2D eigenvalue weighted by molar-refractivity contribution is -0.307. The lowest BCUT2D eigenvalue weighted by Gasteiger charge is -2.47. The van der Waals surface area contributed by atoms with Gasteiger partial charge in [-0.2, -0.15) is 0 Å². The maximum absolute atomic E-state index is 11.4. The summed E-state index contributed by atoms with van der Waals surface area (Å²) in [5.74, 6) is 2.31. The average Bonchev–Trinajstić information content (AvgIpc) is 3.30. The van der Waals surface area contributed by atoms with Crippen molar-refractivity contribution in [2.45, 2.75) is 123 Å². The number of hydrogen-bond donors (Lipinski definition) is 12. The molecule has 4 aliphatic rings. The molecule has 4 fully saturated rings. The molecule has 0 amide bonds. The third kappa shape index (κ3) is 7.76. The van der Waals surface area contributed by atoms with E-state index in [1.54, 1.807) is 0 Å². The normalized spacial score (nSPS) is 50.8. The van der Waals surface area contributed by atoms with Crippen LogP contribution in [0.25, 0.3) is 0 Å². The minimum atomic E-state index is -1.57. The maximum Gasteiger partial charge on any atom is 0.187 e. The molecule has 3 aliphatic heterocycles. The molecule has 0 spiro atoms. The van der Waals surface area contributed by atoms with Gasteiger partial charge in [-0.15, -0.1) is 6.42 Å². The van der Waals surface area contributed by atoms with Crippen molar-refractivity contribution in [1.29, 1.82) is 0 Å². The fourth-order valence-electron chi connectivity index (χ4n) is 5.96. The monoisotopic (exact) mass is 652 g/mol. The zero-order valence-electron chi connectivity index (χ0n) is 24.6. The van der Waals surface area contributed by atoms with Gasteiger partial charge >= 0.3 is 0 Å². The number of hydrogen-bond acceptors (Lipinski definition) is 19. The molecule has 0 unspecified atom stereocenters. The third-order valence-corrected chi connectivity index (χ3v) is 8.66. The molecule has 3 saturated heterocycles. The SMILES string of the molecule is C#CCOC[C@H]1O[C@@H](O[C@@H]2[C@@H](O)[C@H](N)C[C@H](N)[C@H]2O[C@H]2O[C@H](CN)[C@@H](O)[C@H](O)[C@H]2N)[C@H](O)[C@@H]1O[C@H]1O[C@@H](CN)[C@@H](O)[C@H](O)[C@H]1N. The Kier molecular flexibility index (Phi) is 12.9. The number of aliphatic hydroxyl groups is 6. The van der Waals surface area contributed by atoms with Gasteiger partial charge in [-0.25, -0.2) is 0 Å². The smallest absolute Gasteiger partial charge is 0.187 e. The molecule has 0 aromatic rings. The average molecular weight is 653 g/mol. The van der Waals surface area contributed by atoms with Crippen LogP contribution in [0.4, 0.5) is 0 Å². The first kappa shape index (κ1) is 36.6. The van der Waals surface area contributed by atoms with E-state index in [2.05, 4.69) is 5.92 Å². The first-order valence-electron chi connectivity index (χ1n) is 14.8. The van der Waals surface area contributed by atoms with Crippen LogP contribution in [0.1, 0.15) is 6.42 Å². The summed E-state index contributed by atoms with van der Waals surface area (Å²) in [5, 5.41) is 63.7. The number of aliphatic hydroxyl groups excluding tert-OH is 6. The molecule has 3 heterocycles. The van der Waals surface area contributed by atoms with Gasteiger partial charge in [0.2, 0.25) is 0 Å². The molecule has 45 heavy (non-hydrogen) atoms. The number of rotatable bonds is 11. The topological polar surface area (TPSA) is 342 Å². The van der Waals surface area contributed by atoms with Crippen LogP contribution in [0.15, 0.2) is 0 Å². The van der Waals surface area contributed by atoms with Gasteiger partial charge in [-0.3, -0.25) is 0 Å². The van der Waals surface area contributed by atoms with E-state index in [-0.39, 0.29) is 32.7 Å². The van der Waals surface area contributed by atoms with E-state index in [0.717, 1.165) is 0 Å². The Hall–Kier alpha value is -1.20. The summed E-state index contributed by atoms with van der Waals surface area (Å²) < 4.78 is 40.8. The molecule has 260 valence electrons. The molecule has 18 N–H and O–H groups in total. The second-order valence-corrected chi connectivity index (χ2v) is 11.8. The minimum absolute atomic E-state index is 0.0922. The zero-order chi connectivity index (χ0) is 33.2. The molecule has 1 saturated carbocycles. The standard InChI is InChI=1S/C26H48N6O13/c1-2-3-39-7-12-22(44-25-14(32)19(37)17(35)11(6-28)41-25)20(38)26(42-12)45-23-15(33)8(29)4-9(30)21(23)43-24-13(31)18(36)16(34)10(5-27)40-24/h1,8-26,33-38H,3-7,27-32H2/t8-,9+,10-,11+,12-,13-,14-,15+,16-,17-,18-,19-,20-,21-,22-,23-,24-,25-,26+/m1/s1. The van der Waals surface area contributed by atoms with E-state index < -0.39 is 116 Å². The van der Waals surface area contributed by atoms with Crippen molar-refractivity contribution in [3.05, 3.63) is 0 Å². The van der Waals surface area contributed by atoms with Crippen LogP contribution in [0, 0.1) is 12.3 Å². The van der Waals surface area contributed by atoms with E-state index >= 15 is 0 Å². The highest BCUT2D eigenvalue weighted by atomic mass is 16.8. The van der Waals surface area contributed by atoms with Crippen molar-refractivity contribution >= 4 is 0 Å². The molecule has 0 bridgehead atoms. The Morgan fingerprint density at radius 3 is 1.60 bits per heavy atom. The fourth-order valence-corrected chi connectivity index (χ4v) is 5.96. The first-order valence-corrected chi connectivity index (χ1v) is 14.8. The predicted molar refractivity (Wildman–Crippen MR) is 151 cm³/mol. The fraction of sp³-hybridized carbons (Fsp3) is 0.923. The van der Waals surface area contributed by atoms with Gasteiger partial charge in [0.25, 0.3) is 0 Å². The van der Waals surface area contributed by atoms with Gasteiger partial charge in [0.1, 0.15) is 73.8 Å². The molecule has 19 heteroatoms. The Bertz CT molecular complexity index is 982. The molecule has 0 radical (unpaired) electrons. The molecule has 0 aromatic carbocycles. The van der Waals surface area contributed by atoms with Crippen LogP contribution in [-0.4, -0.2) is 173 Å². The summed E-state index contributed by atoms with van der Waals surface area (Å²) in [6.07, 6.45) is -14.2. The van der Waals surface area contributed by atoms with Gasteiger partial charge in [0, 0.05) is 25.2 Å². The van der Waals surface area contributed by atoms with Crippen molar-refractivity contribution in [2.24, 2.45) is 34.4 Å². The zero-order valence-corrected chi connectivity index (χ0v) is 24.6. The summed E-state index contributed by atoms with van der Waals surface area (Å²) in [4.78, 5) is 0. The molecular formula is C26H48N6O13. The van der Waals surface area contributed by atoms with Gasteiger partial charge in [-0.1, -0.05) is 5.92 Å². The Morgan fingerprint density at radius 1 is 0.600 bits per heavy atom. The number of ether oxygens (including phenoxy) is 7. The van der Waals surface area contributed by atoms with Crippen LogP contribution in [0.2, 0.25) is 0 Å². The maximum atomic E-state index is 11.4. The summed E-state index contributed by atoms with van der Waals surface area (Å²) in [6.45, 7) is -0.595. The molecule has 0 aromatic heterocycles. The quantitative estimate of drug-likeness (QED) is 0.0728. The van der Waals surface area contributed by atoms with Gasteiger partial charge in [-0.05, 0) is 6.42 Å². The molecule has 1 aliphatic carbocycles. The largest absolute Gasteiger partial charge is 0.389 e. The molecule has 19 nitrogen and oxygen atoms in total. The Balaban J connectivity index is 1.53. The number of terminal acetylenes is 1. The minimum Gasteiger partial charge on any atom is -0.389 e. The summed E-state index contributed by atoms with van der Waals surface area (Å²) in [5.41, 5.74) is 36.0. The summed E-state index contributed by atoms with van der Waals surface area (Å²) in [7, 11) is 0. The van der Waals surface area contributed by atoms with E-state index in [9.17, 15) is 30.6 Å². The first-order chi connectivity index (χ1) is 21.3. The van der Waals surface area contributed by atoms with E-state index in [1.807, 2.05) is 0 Å². The highest BCUT2D eigenvalue weighted by Crippen LogP contribution is 2.34. The highest BCUT2D eigenvalue weighted by molar-refractivity contribution is 5.02. The second kappa shape index (κ2) is 15.8. The van der Waals surface area contributed by atoms with Crippen molar-refractivity contribution < 1.29 is 63.8 Å². The van der Waals surface area contributed by atoms with E-state index in [1.165, 1.54) is 0 Å². The van der Waals surface area contributed by atoms with Crippen molar-refractivity contribution in [2.75, 3.05) is 26.3 Å². The third-order valence-electron chi connectivity index (χ3n) is 8.66. The van der Waals surface area contributed by atoms with Crippen molar-refractivity contribution in [1.82, 2.24) is 0 Å². The molecule has 4 rings (SSSR count). The second-order valence-electron chi connectivity index (χ2n) is 11.8. The lowest BCUT2D eigenvalue weighted by atomic mass is 9.84. The van der Waals surface area contributed by atoms with Gasteiger partial charge < -0.3 is 98.2 Å². The van der Waals surface area contributed by atoms with Crippen LogP contribution >= 0.6 is 0 Å². The number of nitrogens with two attached hydrogens (primary N) is 6. The summed E-state index contributed by atoms with van der Waals surface area (Å²) >= 11 is 0. The Morgan fingerprint density at radius 2 is 1.09 bits per heavy atom. The van der Waals surface area contributed by atoms with E-state index in [0.29, 0.717) is 0 Å². The van der Waals surface area contributed by atoms with Gasteiger partial charge in [0.15, 0.2) is 18.9 Å². The van der Waals surface area contributed by atoms with Crippen LogP contribution in [0.3, 0.4) is 0 Å². The van der Waals surface area contributed by atoms with Gasteiger partial charge in [0.05, 0.1) is 24.8 Å². The predicted octanol–water partition coefficient (Wildman–Crippen LogP) is -8.24. The highest BCUT2D eigenvalue weighted by Gasteiger charge is 2.54. The van der Waals surface area contributed by atoms with Crippen LogP contribution in [0.5, 0.6) is 0 Å². The molecule has 19 atom stereocenters. The lowest BCUT2D eigenvalue weighted by Crippen LogP contribution is -2.68. The molecular weight excluding hydrogens is 604 g/mol. The van der Waals surface area contributed by atoms with Crippen molar-refractivity contribution in [3.63, 3.8) is 0 Å². The van der Waals surface area contributed by atoms with Crippen LogP contribution in [-0.2, 0) is 33.2 Å². The van der Waals surface area contributed by atoms with Crippen LogP contribution < -0.4 is 34.4 Å². The van der Waals surface area contributed by atoms with Crippen molar-refractivity contribution in [3.8, 4) is 12.3 Å². The summed E-state index contributed by atoms with van der Waals surface area (Å²) in [6, 6.07) is -4.18. The van der Waals surface area contributed by atoms with E-state index in [4.69, 9.17) is 74.0 Å².